The molecule has 4 aromatic rings. The van der Waals surface area contributed by atoms with Gasteiger partial charge in [-0.05, 0) is 62.2 Å². The molecule has 1 aliphatic rings. The topological polar surface area (TPSA) is 68.1 Å². The minimum absolute atomic E-state index is 0.249. The molecule has 164 valence electrons. The Kier molecular flexibility index (Phi) is 5.73. The van der Waals surface area contributed by atoms with Crippen LogP contribution in [-0.4, -0.2) is 38.1 Å². The Morgan fingerprint density at radius 2 is 2.09 bits per heavy atom. The van der Waals surface area contributed by atoms with Gasteiger partial charge in [0, 0.05) is 36.4 Å². The van der Waals surface area contributed by atoms with Gasteiger partial charge in [-0.1, -0.05) is 6.07 Å². The smallest absolute Gasteiger partial charge is 0.150 e. The van der Waals surface area contributed by atoms with Gasteiger partial charge in [-0.3, -0.25) is 9.88 Å². The molecule has 1 aliphatic heterocycles. The normalized spacial score (nSPS) is 16.5. The fraction of sp³-hybridized carbons (Fsp3) is 0.320. The van der Waals surface area contributed by atoms with Gasteiger partial charge in [-0.15, -0.1) is 0 Å². The monoisotopic (exact) mass is 428 g/mol. The molecule has 4 heterocycles. The molecule has 0 radical (unpaired) electrons. The molecule has 1 saturated heterocycles. The van der Waals surface area contributed by atoms with Gasteiger partial charge in [0.15, 0.2) is 0 Å². The number of nitrogens with zero attached hydrogens (tertiary/aromatic N) is 5. The van der Waals surface area contributed by atoms with Crippen LogP contribution in [0.1, 0.15) is 37.1 Å². The number of methoxy groups -OCH3 is 1. The summed E-state index contributed by atoms with van der Waals surface area (Å²) in [7, 11) is 1.72. The van der Waals surface area contributed by atoms with Crippen LogP contribution < -0.4 is 10.1 Å². The zero-order chi connectivity index (χ0) is 21.9. The standard InChI is InChI=1S/C25H28N6O/c1-3-30-16-18(20-13-19(32-2)9-10-22(20)30)17-31-12-6-7-23(31)21-14-26-15-25(28-21)29-24-8-4-5-11-27-24/h4-5,8-11,13-16,23H,3,6-7,12,17H2,1-2H3,(H,27,28,29). The molecule has 0 bridgehead atoms. The number of benzene rings is 1. The van der Waals surface area contributed by atoms with Crippen molar-refractivity contribution in [3.8, 4) is 5.75 Å². The molecule has 32 heavy (non-hydrogen) atoms. The fourth-order valence-electron chi connectivity index (χ4n) is 4.60. The van der Waals surface area contributed by atoms with Gasteiger partial charge in [-0.25, -0.2) is 9.97 Å². The maximum atomic E-state index is 5.49. The van der Waals surface area contributed by atoms with Crippen molar-refractivity contribution in [2.24, 2.45) is 0 Å². The number of nitrogens with one attached hydrogen (secondary N) is 1. The van der Waals surface area contributed by atoms with E-state index < -0.39 is 0 Å². The first kappa shape index (κ1) is 20.5. The number of rotatable bonds is 7. The minimum Gasteiger partial charge on any atom is -0.497 e. The number of hydrogen-bond donors (Lipinski definition) is 1. The lowest BCUT2D eigenvalue weighted by Crippen LogP contribution is -2.23. The van der Waals surface area contributed by atoms with Crippen LogP contribution in [0.2, 0.25) is 0 Å². The molecule has 1 N–H and O–H groups in total. The lowest BCUT2D eigenvalue weighted by molar-refractivity contribution is 0.245. The van der Waals surface area contributed by atoms with Crippen molar-refractivity contribution < 1.29 is 4.74 Å². The average Bonchev–Trinajstić information content (AvgIpc) is 3.44. The molecule has 7 nitrogen and oxygen atoms in total. The maximum absolute atomic E-state index is 5.49. The average molecular weight is 429 g/mol. The third-order valence-corrected chi connectivity index (χ3v) is 6.16. The van der Waals surface area contributed by atoms with Crippen molar-refractivity contribution in [1.82, 2.24) is 24.4 Å². The Balaban J connectivity index is 1.41. The molecule has 1 atom stereocenters. The number of ether oxygens (including phenoxy) is 1. The van der Waals surface area contributed by atoms with Gasteiger partial charge >= 0.3 is 0 Å². The van der Waals surface area contributed by atoms with E-state index >= 15 is 0 Å². The molecule has 5 rings (SSSR count). The number of aryl methyl sites for hydroxylation is 1. The van der Waals surface area contributed by atoms with Crippen molar-refractivity contribution in [2.45, 2.75) is 38.9 Å². The third kappa shape index (κ3) is 4.03. The summed E-state index contributed by atoms with van der Waals surface area (Å²) in [5.74, 6) is 2.38. The van der Waals surface area contributed by atoms with Crippen molar-refractivity contribution in [3.05, 3.63) is 72.4 Å². The maximum Gasteiger partial charge on any atom is 0.150 e. The number of fused-ring (bicyclic) bond motifs is 1. The number of anilines is 2. The van der Waals surface area contributed by atoms with Crippen LogP contribution in [0, 0.1) is 0 Å². The molecule has 1 aromatic carbocycles. The zero-order valence-corrected chi connectivity index (χ0v) is 18.5. The second kappa shape index (κ2) is 8.96. The quantitative estimate of drug-likeness (QED) is 0.450. The summed E-state index contributed by atoms with van der Waals surface area (Å²) < 4.78 is 7.80. The van der Waals surface area contributed by atoms with Crippen molar-refractivity contribution >= 4 is 22.5 Å². The lowest BCUT2D eigenvalue weighted by Gasteiger charge is -2.24. The highest BCUT2D eigenvalue weighted by molar-refractivity contribution is 5.85. The van der Waals surface area contributed by atoms with E-state index in [9.17, 15) is 0 Å². The highest BCUT2D eigenvalue weighted by atomic mass is 16.5. The molecule has 1 unspecified atom stereocenters. The number of pyridine rings is 1. The molecule has 7 heteroatoms. The van der Waals surface area contributed by atoms with E-state index in [-0.39, 0.29) is 6.04 Å². The summed E-state index contributed by atoms with van der Waals surface area (Å²) in [5.41, 5.74) is 3.57. The molecule has 3 aromatic heterocycles. The van der Waals surface area contributed by atoms with Crippen LogP contribution in [0.5, 0.6) is 5.75 Å². The zero-order valence-electron chi connectivity index (χ0n) is 18.5. The molecule has 0 saturated carbocycles. The van der Waals surface area contributed by atoms with E-state index in [1.165, 1.54) is 16.5 Å². The minimum atomic E-state index is 0.249. The van der Waals surface area contributed by atoms with Gasteiger partial charge in [0.2, 0.25) is 0 Å². The second-order valence-electron chi connectivity index (χ2n) is 8.12. The summed E-state index contributed by atoms with van der Waals surface area (Å²) in [5, 5.41) is 4.52. The number of hydrogen-bond acceptors (Lipinski definition) is 6. The van der Waals surface area contributed by atoms with Crippen LogP contribution in [0.25, 0.3) is 10.9 Å². The Morgan fingerprint density at radius 3 is 2.91 bits per heavy atom. The Morgan fingerprint density at radius 1 is 1.16 bits per heavy atom. The van der Waals surface area contributed by atoms with E-state index in [1.54, 1.807) is 19.5 Å². The number of likely N-dealkylation sites (tertiary alicyclic amines) is 1. The van der Waals surface area contributed by atoms with Crippen LogP contribution >= 0.6 is 0 Å². The van der Waals surface area contributed by atoms with Crippen molar-refractivity contribution in [1.29, 1.82) is 0 Å². The predicted molar refractivity (Wildman–Crippen MR) is 126 cm³/mol. The highest BCUT2D eigenvalue weighted by Gasteiger charge is 2.28. The van der Waals surface area contributed by atoms with Gasteiger partial charge in [0.05, 0.1) is 31.2 Å². The van der Waals surface area contributed by atoms with E-state index in [0.29, 0.717) is 0 Å². The van der Waals surface area contributed by atoms with Crippen LogP contribution in [0.3, 0.4) is 0 Å². The van der Waals surface area contributed by atoms with Crippen molar-refractivity contribution in [3.63, 3.8) is 0 Å². The van der Waals surface area contributed by atoms with Crippen molar-refractivity contribution in [2.75, 3.05) is 19.0 Å². The fourth-order valence-corrected chi connectivity index (χ4v) is 4.60. The Hall–Kier alpha value is -3.45. The van der Waals surface area contributed by atoms with E-state index in [1.807, 2.05) is 30.5 Å². The molecular weight excluding hydrogens is 400 g/mol. The summed E-state index contributed by atoms with van der Waals surface area (Å²) in [6, 6.07) is 12.4. The first-order chi connectivity index (χ1) is 15.7. The summed E-state index contributed by atoms with van der Waals surface area (Å²) in [6.45, 7) is 5.05. The largest absolute Gasteiger partial charge is 0.497 e. The highest BCUT2D eigenvalue weighted by Crippen LogP contribution is 2.35. The number of aromatic nitrogens is 4. The van der Waals surface area contributed by atoms with Gasteiger partial charge in [-0.2, -0.15) is 0 Å². The predicted octanol–water partition coefficient (Wildman–Crippen LogP) is 4.94. The molecule has 0 spiro atoms. The van der Waals surface area contributed by atoms with Gasteiger partial charge in [0.25, 0.3) is 0 Å². The van der Waals surface area contributed by atoms with E-state index in [0.717, 1.165) is 55.6 Å². The van der Waals surface area contributed by atoms with E-state index in [4.69, 9.17) is 9.72 Å². The summed E-state index contributed by atoms with van der Waals surface area (Å²) >= 11 is 0. The molecular formula is C25H28N6O. The molecule has 0 amide bonds. The van der Waals surface area contributed by atoms with Crippen LogP contribution in [0.15, 0.2) is 61.2 Å². The SMILES string of the molecule is CCn1cc(CN2CCCC2c2cncc(Nc3ccccn3)n2)c2cc(OC)ccc21. The molecule has 0 aliphatic carbocycles. The Labute approximate surface area is 188 Å². The third-order valence-electron chi connectivity index (χ3n) is 6.16. The van der Waals surface area contributed by atoms with Gasteiger partial charge < -0.3 is 14.6 Å². The van der Waals surface area contributed by atoms with Crippen LogP contribution in [-0.2, 0) is 13.1 Å². The second-order valence-corrected chi connectivity index (χ2v) is 8.12. The summed E-state index contributed by atoms with van der Waals surface area (Å²) in [6.07, 6.45) is 9.92. The van der Waals surface area contributed by atoms with Crippen LogP contribution in [0.4, 0.5) is 11.6 Å². The first-order valence-corrected chi connectivity index (χ1v) is 11.1. The van der Waals surface area contributed by atoms with E-state index in [2.05, 4.69) is 50.0 Å². The Bertz CT molecular complexity index is 1210. The van der Waals surface area contributed by atoms with Gasteiger partial charge in [0.1, 0.15) is 17.4 Å². The first-order valence-electron chi connectivity index (χ1n) is 11.1. The lowest BCUT2D eigenvalue weighted by atomic mass is 10.1. The molecule has 1 fully saturated rings. The summed E-state index contributed by atoms with van der Waals surface area (Å²) in [4.78, 5) is 16.2.